The first-order valence-corrected chi connectivity index (χ1v) is 9.91. The van der Waals surface area contributed by atoms with Crippen LogP contribution < -0.4 is 0 Å². The van der Waals surface area contributed by atoms with Gasteiger partial charge in [0.25, 0.3) is 5.91 Å². The Morgan fingerprint density at radius 1 is 1.33 bits per heavy atom. The van der Waals surface area contributed by atoms with Crippen LogP contribution in [-0.4, -0.2) is 48.2 Å². The number of H-pyrrole nitrogens is 1. The largest absolute Gasteiger partial charge is 0.383 e. The fourth-order valence-electron chi connectivity index (χ4n) is 4.47. The van der Waals surface area contributed by atoms with Crippen LogP contribution in [0.4, 0.5) is 0 Å². The minimum absolute atomic E-state index is 0.0356. The second kappa shape index (κ2) is 6.24. The lowest BCUT2D eigenvalue weighted by Crippen LogP contribution is -2.52. The Kier molecular flexibility index (Phi) is 3.84. The van der Waals surface area contributed by atoms with Gasteiger partial charge in [-0.05, 0) is 25.0 Å². The first kappa shape index (κ1) is 16.6. The van der Waals surface area contributed by atoms with Crippen LogP contribution in [0.3, 0.4) is 0 Å². The summed E-state index contributed by atoms with van der Waals surface area (Å²) in [5, 5.41) is 19.9. The quantitative estimate of drug-likeness (QED) is 0.727. The third-order valence-electron chi connectivity index (χ3n) is 5.69. The zero-order chi connectivity index (χ0) is 18.4. The average molecular weight is 381 g/mol. The number of hydrogen-bond acceptors (Lipinski definition) is 6. The number of nitrogens with zero attached hydrogens (tertiary/aromatic N) is 4. The number of hydrogen-bond donors (Lipinski definition) is 2. The Morgan fingerprint density at radius 2 is 2.15 bits per heavy atom. The van der Waals surface area contributed by atoms with E-state index in [1.807, 2.05) is 22.5 Å². The Hall–Kier alpha value is -2.58. The van der Waals surface area contributed by atoms with Gasteiger partial charge >= 0.3 is 0 Å². The topological polar surface area (TPSA) is 95.0 Å². The van der Waals surface area contributed by atoms with Gasteiger partial charge in [-0.2, -0.15) is 5.10 Å². The highest BCUT2D eigenvalue weighted by molar-refractivity contribution is 7.13. The minimum Gasteiger partial charge on any atom is -0.383 e. The number of carbonyl (C=O) groups is 1. The molecule has 2 bridgehead atoms. The summed E-state index contributed by atoms with van der Waals surface area (Å²) in [4.78, 5) is 24.4. The highest BCUT2D eigenvalue weighted by Gasteiger charge is 2.50. The van der Waals surface area contributed by atoms with Crippen LogP contribution in [0, 0.1) is 0 Å². The van der Waals surface area contributed by atoms with Crippen molar-refractivity contribution in [3.8, 4) is 10.4 Å². The van der Waals surface area contributed by atoms with E-state index in [0.717, 1.165) is 23.3 Å². The molecule has 5 rings (SSSR count). The molecule has 2 saturated heterocycles. The van der Waals surface area contributed by atoms with Gasteiger partial charge in [0.05, 0.1) is 17.5 Å². The van der Waals surface area contributed by atoms with E-state index in [2.05, 4.69) is 20.2 Å². The van der Waals surface area contributed by atoms with Gasteiger partial charge in [-0.3, -0.25) is 9.89 Å². The van der Waals surface area contributed by atoms with E-state index < -0.39 is 5.60 Å². The van der Waals surface area contributed by atoms with Crippen LogP contribution in [0.1, 0.15) is 41.7 Å². The standard InChI is InChI=1S/C19H19N5O2S/c25-18(12-5-16(27-10-12)13-8-22-23-9-13)24-14-1-2-15(24)7-19(26,6-14)17-3-4-20-11-21-17/h3-5,8-11,14-15,26H,1-2,6-7H2,(H,22,23). The Morgan fingerprint density at radius 3 is 2.81 bits per heavy atom. The van der Waals surface area contributed by atoms with E-state index in [1.54, 1.807) is 29.8 Å². The van der Waals surface area contributed by atoms with Gasteiger partial charge in [-0.25, -0.2) is 9.97 Å². The normalized spacial score (nSPS) is 27.1. The van der Waals surface area contributed by atoms with Crippen molar-refractivity contribution in [3.63, 3.8) is 0 Å². The Labute approximate surface area is 160 Å². The third kappa shape index (κ3) is 2.76. The summed E-state index contributed by atoms with van der Waals surface area (Å²) in [6, 6.07) is 3.78. The summed E-state index contributed by atoms with van der Waals surface area (Å²) in [5.74, 6) is 0.0539. The van der Waals surface area contributed by atoms with Gasteiger partial charge in [-0.15, -0.1) is 11.3 Å². The molecule has 0 spiro atoms. The first-order chi connectivity index (χ1) is 13.1. The molecule has 2 unspecified atom stereocenters. The molecule has 0 aromatic carbocycles. The van der Waals surface area contributed by atoms with Crippen LogP contribution >= 0.6 is 11.3 Å². The molecule has 2 N–H and O–H groups in total. The van der Waals surface area contributed by atoms with E-state index in [9.17, 15) is 9.90 Å². The summed E-state index contributed by atoms with van der Waals surface area (Å²) in [5.41, 5.74) is 1.36. The van der Waals surface area contributed by atoms with Crippen molar-refractivity contribution in [1.29, 1.82) is 0 Å². The fourth-order valence-corrected chi connectivity index (χ4v) is 5.33. The van der Waals surface area contributed by atoms with Crippen LogP contribution in [0.15, 0.2) is 42.4 Å². The van der Waals surface area contributed by atoms with Crippen molar-refractivity contribution in [2.24, 2.45) is 0 Å². The lowest BCUT2D eigenvalue weighted by Gasteiger charge is -2.43. The van der Waals surface area contributed by atoms with E-state index in [4.69, 9.17) is 0 Å². The maximum atomic E-state index is 13.2. The second-order valence-corrected chi connectivity index (χ2v) is 8.23. The number of aromatic amines is 1. The summed E-state index contributed by atoms with van der Waals surface area (Å²) in [6.45, 7) is 0. The number of nitrogens with one attached hydrogen (secondary N) is 1. The maximum absolute atomic E-state index is 13.2. The molecular weight excluding hydrogens is 362 g/mol. The van der Waals surface area contributed by atoms with Crippen molar-refractivity contribution in [3.05, 3.63) is 53.7 Å². The molecule has 7 nitrogen and oxygen atoms in total. The molecule has 2 aliphatic rings. The summed E-state index contributed by atoms with van der Waals surface area (Å²) in [7, 11) is 0. The first-order valence-electron chi connectivity index (χ1n) is 9.03. The molecule has 2 aliphatic heterocycles. The molecule has 8 heteroatoms. The average Bonchev–Trinajstić information content (AvgIpc) is 3.41. The number of thiophene rings is 1. The van der Waals surface area contributed by atoms with Crippen molar-refractivity contribution in [2.75, 3.05) is 0 Å². The van der Waals surface area contributed by atoms with Crippen LogP contribution in [0.2, 0.25) is 0 Å². The molecular formula is C19H19N5O2S. The smallest absolute Gasteiger partial charge is 0.255 e. The monoisotopic (exact) mass is 381 g/mol. The van der Waals surface area contributed by atoms with Crippen molar-refractivity contribution < 1.29 is 9.90 Å². The number of aromatic nitrogens is 4. The van der Waals surface area contributed by atoms with Gasteiger partial charge in [0, 0.05) is 53.1 Å². The summed E-state index contributed by atoms with van der Waals surface area (Å²) in [6.07, 6.45) is 9.58. The molecule has 0 saturated carbocycles. The lowest BCUT2D eigenvalue weighted by molar-refractivity contribution is -0.0508. The Balaban J connectivity index is 1.39. The molecule has 138 valence electrons. The van der Waals surface area contributed by atoms with E-state index in [0.29, 0.717) is 24.1 Å². The lowest BCUT2D eigenvalue weighted by atomic mass is 9.83. The van der Waals surface area contributed by atoms with E-state index in [1.165, 1.54) is 6.33 Å². The molecule has 0 radical (unpaired) electrons. The zero-order valence-electron chi connectivity index (χ0n) is 14.6. The fraction of sp³-hybridized carbons (Fsp3) is 0.368. The molecule has 2 atom stereocenters. The van der Waals surface area contributed by atoms with E-state index >= 15 is 0 Å². The predicted octanol–water partition coefficient (Wildman–Crippen LogP) is 2.58. The van der Waals surface area contributed by atoms with Crippen molar-refractivity contribution >= 4 is 17.2 Å². The number of fused-ring (bicyclic) bond motifs is 2. The van der Waals surface area contributed by atoms with Crippen LogP contribution in [0.5, 0.6) is 0 Å². The number of rotatable bonds is 3. The Bertz CT molecular complexity index is 942. The van der Waals surface area contributed by atoms with Crippen molar-refractivity contribution in [2.45, 2.75) is 43.4 Å². The van der Waals surface area contributed by atoms with Crippen LogP contribution in [-0.2, 0) is 5.60 Å². The maximum Gasteiger partial charge on any atom is 0.255 e. The number of amides is 1. The SMILES string of the molecule is O=C(c1csc(-c2cn[nH]c2)c1)N1C2CCC1CC(O)(c1ccncn1)C2. The molecule has 3 aromatic heterocycles. The second-order valence-electron chi connectivity index (χ2n) is 7.32. The highest BCUT2D eigenvalue weighted by Crippen LogP contribution is 2.46. The molecule has 2 fully saturated rings. The number of aliphatic hydroxyl groups is 1. The molecule has 1 amide bonds. The predicted molar refractivity (Wildman–Crippen MR) is 100 cm³/mol. The third-order valence-corrected chi connectivity index (χ3v) is 6.67. The molecule has 5 heterocycles. The highest BCUT2D eigenvalue weighted by atomic mass is 32.1. The van der Waals surface area contributed by atoms with Gasteiger partial charge in [0.15, 0.2) is 0 Å². The van der Waals surface area contributed by atoms with Gasteiger partial charge in [0.2, 0.25) is 0 Å². The van der Waals surface area contributed by atoms with E-state index in [-0.39, 0.29) is 18.0 Å². The van der Waals surface area contributed by atoms with Gasteiger partial charge in [0.1, 0.15) is 11.9 Å². The molecule has 0 aliphatic carbocycles. The van der Waals surface area contributed by atoms with Gasteiger partial charge in [-0.1, -0.05) is 0 Å². The van der Waals surface area contributed by atoms with Crippen molar-refractivity contribution in [1.82, 2.24) is 25.1 Å². The molecule has 27 heavy (non-hydrogen) atoms. The zero-order valence-corrected chi connectivity index (χ0v) is 15.4. The number of carbonyl (C=O) groups excluding carboxylic acids is 1. The molecule has 3 aromatic rings. The van der Waals surface area contributed by atoms with Gasteiger partial charge < -0.3 is 10.0 Å². The number of piperidine rings is 1. The minimum atomic E-state index is -0.984. The van der Waals surface area contributed by atoms with Crippen LogP contribution in [0.25, 0.3) is 10.4 Å². The summed E-state index contributed by atoms with van der Waals surface area (Å²) < 4.78 is 0. The summed E-state index contributed by atoms with van der Waals surface area (Å²) >= 11 is 1.55.